The first kappa shape index (κ1) is 18.3. The average Bonchev–Trinajstić information content (AvgIpc) is 3.23. The van der Waals surface area contributed by atoms with E-state index in [0.717, 1.165) is 25.6 Å². The lowest BCUT2D eigenvalue weighted by atomic mass is 10.1. The van der Waals surface area contributed by atoms with Crippen molar-refractivity contribution >= 4 is 17.3 Å². The third-order valence-electron chi connectivity index (χ3n) is 4.36. The highest BCUT2D eigenvalue weighted by Gasteiger charge is 2.14. The standard InChI is InChI=1S/C18H32N4S/c1-4-19-18(21-12-16(3)17-7-10-23-14-17)20-11-15(2)13-22-8-5-6-9-22/h7,10,14-16H,4-6,8-9,11-13H2,1-3H3,(H2,19,20,21). The maximum atomic E-state index is 4.78. The van der Waals surface area contributed by atoms with E-state index in [0.29, 0.717) is 11.8 Å². The molecule has 0 radical (unpaired) electrons. The van der Waals surface area contributed by atoms with Crippen molar-refractivity contribution in [3.63, 3.8) is 0 Å². The van der Waals surface area contributed by atoms with Gasteiger partial charge >= 0.3 is 0 Å². The fraction of sp³-hybridized carbons (Fsp3) is 0.722. The van der Waals surface area contributed by atoms with Crippen LogP contribution in [0.3, 0.4) is 0 Å². The second kappa shape index (κ2) is 9.93. The van der Waals surface area contributed by atoms with Crippen LogP contribution in [0.25, 0.3) is 0 Å². The van der Waals surface area contributed by atoms with Crippen LogP contribution in [0.1, 0.15) is 45.1 Å². The van der Waals surface area contributed by atoms with Crippen LogP contribution in [0.5, 0.6) is 0 Å². The quantitative estimate of drug-likeness (QED) is 0.566. The van der Waals surface area contributed by atoms with Gasteiger partial charge in [0.05, 0.1) is 0 Å². The van der Waals surface area contributed by atoms with Crippen LogP contribution in [0.2, 0.25) is 0 Å². The van der Waals surface area contributed by atoms with Crippen LogP contribution in [-0.2, 0) is 0 Å². The van der Waals surface area contributed by atoms with Crippen molar-refractivity contribution < 1.29 is 0 Å². The Kier molecular flexibility index (Phi) is 7.89. The fourth-order valence-corrected chi connectivity index (χ4v) is 3.76. The number of nitrogens with zero attached hydrogens (tertiary/aromatic N) is 2. The maximum absolute atomic E-state index is 4.78. The van der Waals surface area contributed by atoms with Gasteiger partial charge in [-0.2, -0.15) is 11.3 Å². The summed E-state index contributed by atoms with van der Waals surface area (Å²) < 4.78 is 0. The second-order valence-corrected chi connectivity index (χ2v) is 7.45. The minimum absolute atomic E-state index is 0.507. The minimum Gasteiger partial charge on any atom is -0.357 e. The predicted octanol–water partition coefficient (Wildman–Crippen LogP) is 3.14. The van der Waals surface area contributed by atoms with E-state index in [2.05, 4.69) is 53.1 Å². The molecule has 0 spiro atoms. The van der Waals surface area contributed by atoms with Crippen LogP contribution >= 0.6 is 11.3 Å². The molecule has 1 aliphatic heterocycles. The molecule has 1 saturated heterocycles. The summed E-state index contributed by atoms with van der Waals surface area (Å²) in [5.74, 6) is 2.06. The van der Waals surface area contributed by atoms with E-state index in [-0.39, 0.29) is 0 Å². The molecule has 1 aliphatic rings. The summed E-state index contributed by atoms with van der Waals surface area (Å²) in [7, 11) is 0. The summed E-state index contributed by atoms with van der Waals surface area (Å²) in [5, 5.41) is 11.2. The maximum Gasteiger partial charge on any atom is 0.191 e. The first-order valence-electron chi connectivity index (χ1n) is 8.95. The van der Waals surface area contributed by atoms with Gasteiger partial charge in [0, 0.05) is 26.2 Å². The number of hydrogen-bond acceptors (Lipinski definition) is 3. The van der Waals surface area contributed by atoms with Crippen molar-refractivity contribution in [1.29, 1.82) is 0 Å². The van der Waals surface area contributed by atoms with E-state index in [9.17, 15) is 0 Å². The molecule has 5 heteroatoms. The van der Waals surface area contributed by atoms with Crippen LogP contribution in [0, 0.1) is 5.92 Å². The summed E-state index contributed by atoms with van der Waals surface area (Å²) in [4.78, 5) is 7.35. The summed E-state index contributed by atoms with van der Waals surface area (Å²) in [6.07, 6.45) is 2.72. The van der Waals surface area contributed by atoms with Gasteiger partial charge in [0.2, 0.25) is 0 Å². The van der Waals surface area contributed by atoms with Crippen molar-refractivity contribution in [2.24, 2.45) is 10.9 Å². The molecule has 130 valence electrons. The monoisotopic (exact) mass is 336 g/mol. The highest BCUT2D eigenvalue weighted by atomic mass is 32.1. The molecule has 2 unspecified atom stereocenters. The highest BCUT2D eigenvalue weighted by Crippen LogP contribution is 2.17. The minimum atomic E-state index is 0.507. The van der Waals surface area contributed by atoms with Gasteiger partial charge in [0.25, 0.3) is 0 Å². The Morgan fingerprint density at radius 3 is 2.74 bits per heavy atom. The summed E-state index contributed by atoms with van der Waals surface area (Å²) >= 11 is 1.76. The van der Waals surface area contributed by atoms with E-state index >= 15 is 0 Å². The number of aliphatic imine (C=N–C) groups is 1. The molecule has 0 saturated carbocycles. The van der Waals surface area contributed by atoms with Gasteiger partial charge in [-0.1, -0.05) is 13.8 Å². The molecule has 0 bridgehead atoms. The fourth-order valence-electron chi connectivity index (χ4n) is 2.98. The number of rotatable bonds is 8. The lowest BCUT2D eigenvalue weighted by Crippen LogP contribution is -2.39. The largest absolute Gasteiger partial charge is 0.357 e. The van der Waals surface area contributed by atoms with Crippen molar-refractivity contribution in [3.05, 3.63) is 22.4 Å². The normalized spacial score (nSPS) is 18.8. The summed E-state index contributed by atoms with van der Waals surface area (Å²) in [6, 6.07) is 2.21. The first-order chi connectivity index (χ1) is 11.2. The Morgan fingerprint density at radius 2 is 2.09 bits per heavy atom. The third kappa shape index (κ3) is 6.51. The van der Waals surface area contributed by atoms with Crippen molar-refractivity contribution in [2.45, 2.75) is 39.5 Å². The molecule has 2 N–H and O–H groups in total. The van der Waals surface area contributed by atoms with E-state index in [1.807, 2.05) is 0 Å². The lowest BCUT2D eigenvalue weighted by Gasteiger charge is -2.20. The van der Waals surface area contributed by atoms with E-state index in [1.54, 1.807) is 11.3 Å². The Labute approximate surface area is 145 Å². The second-order valence-electron chi connectivity index (χ2n) is 6.67. The molecule has 23 heavy (non-hydrogen) atoms. The van der Waals surface area contributed by atoms with Crippen molar-refractivity contribution in [1.82, 2.24) is 15.5 Å². The van der Waals surface area contributed by atoms with Gasteiger partial charge in [-0.15, -0.1) is 0 Å². The molecule has 1 fully saturated rings. The van der Waals surface area contributed by atoms with E-state index in [1.165, 1.54) is 38.0 Å². The number of guanidine groups is 1. The number of thiophene rings is 1. The van der Waals surface area contributed by atoms with Gasteiger partial charge in [-0.3, -0.25) is 4.99 Å². The topological polar surface area (TPSA) is 39.7 Å². The molecule has 1 aromatic heterocycles. The highest BCUT2D eigenvalue weighted by molar-refractivity contribution is 7.07. The van der Waals surface area contributed by atoms with Gasteiger partial charge in [0.1, 0.15) is 0 Å². The Balaban J connectivity index is 1.76. The third-order valence-corrected chi connectivity index (χ3v) is 5.06. The molecular formula is C18H32N4S. The first-order valence-corrected chi connectivity index (χ1v) is 9.90. The molecule has 2 rings (SSSR count). The molecule has 0 amide bonds. The van der Waals surface area contributed by atoms with Crippen molar-refractivity contribution in [3.8, 4) is 0 Å². The van der Waals surface area contributed by atoms with Gasteiger partial charge < -0.3 is 15.5 Å². The molecule has 1 aromatic rings. The van der Waals surface area contributed by atoms with E-state index in [4.69, 9.17) is 4.99 Å². The lowest BCUT2D eigenvalue weighted by molar-refractivity contribution is 0.291. The number of nitrogens with one attached hydrogen (secondary N) is 2. The molecule has 2 heterocycles. The van der Waals surface area contributed by atoms with Crippen molar-refractivity contribution in [2.75, 3.05) is 39.3 Å². The summed E-state index contributed by atoms with van der Waals surface area (Å²) in [5.41, 5.74) is 1.40. The van der Waals surface area contributed by atoms with Crippen LogP contribution < -0.4 is 10.6 Å². The van der Waals surface area contributed by atoms with Crippen LogP contribution in [0.4, 0.5) is 0 Å². The molecule has 2 atom stereocenters. The zero-order valence-electron chi connectivity index (χ0n) is 14.8. The van der Waals surface area contributed by atoms with Gasteiger partial charge in [0.15, 0.2) is 5.96 Å². The zero-order valence-corrected chi connectivity index (χ0v) is 15.7. The summed E-state index contributed by atoms with van der Waals surface area (Å²) in [6.45, 7) is 13.1. The average molecular weight is 337 g/mol. The van der Waals surface area contributed by atoms with Gasteiger partial charge in [-0.05, 0) is 67.1 Å². The number of hydrogen-bond donors (Lipinski definition) is 2. The van der Waals surface area contributed by atoms with Gasteiger partial charge in [-0.25, -0.2) is 0 Å². The smallest absolute Gasteiger partial charge is 0.191 e. The van der Waals surface area contributed by atoms with E-state index < -0.39 is 0 Å². The Bertz CT molecular complexity index is 452. The molecule has 0 aromatic carbocycles. The van der Waals surface area contributed by atoms with Crippen LogP contribution in [-0.4, -0.2) is 50.1 Å². The predicted molar refractivity (Wildman–Crippen MR) is 102 cm³/mol. The zero-order chi connectivity index (χ0) is 16.5. The number of likely N-dealkylation sites (tertiary alicyclic amines) is 1. The van der Waals surface area contributed by atoms with Crippen LogP contribution in [0.15, 0.2) is 21.8 Å². The molecular weight excluding hydrogens is 304 g/mol. The SMILES string of the molecule is CCNC(=NCC(C)CN1CCCC1)NCC(C)c1ccsc1. The Morgan fingerprint density at radius 1 is 1.30 bits per heavy atom. The Hall–Kier alpha value is -1.07. The molecule has 4 nitrogen and oxygen atoms in total. The molecule has 0 aliphatic carbocycles.